The average Bonchev–Trinajstić information content (AvgIpc) is 3.68. The molecule has 2 atom stereocenters. The summed E-state index contributed by atoms with van der Waals surface area (Å²) >= 11 is 0. The lowest BCUT2D eigenvalue weighted by atomic mass is 9.91. The van der Waals surface area contributed by atoms with Crippen LogP contribution in [0.5, 0.6) is 0 Å². The molecule has 2 fully saturated rings. The van der Waals surface area contributed by atoms with Gasteiger partial charge in [0.1, 0.15) is 23.7 Å². The fourth-order valence-corrected chi connectivity index (χ4v) is 6.27. The molecule has 2 aromatic rings. The predicted octanol–water partition coefficient (Wildman–Crippen LogP) is 3.59. The van der Waals surface area contributed by atoms with Crippen LogP contribution in [-0.4, -0.2) is 53.4 Å². The number of hydrogen-bond acceptors (Lipinski definition) is 5. The smallest absolute Gasteiger partial charge is 0.411 e. The largest absolute Gasteiger partial charge is 0.453 e. The lowest BCUT2D eigenvalue weighted by molar-refractivity contribution is -0.141. The van der Waals surface area contributed by atoms with E-state index < -0.39 is 35.9 Å². The fourth-order valence-electron chi connectivity index (χ4n) is 6.27. The maximum absolute atomic E-state index is 14.9. The summed E-state index contributed by atoms with van der Waals surface area (Å²) in [6, 6.07) is 6.39. The number of anilines is 1. The van der Waals surface area contributed by atoms with Gasteiger partial charge < -0.3 is 15.0 Å². The van der Waals surface area contributed by atoms with Crippen LogP contribution in [0.1, 0.15) is 47.9 Å². The van der Waals surface area contributed by atoms with E-state index in [4.69, 9.17) is 0 Å². The number of nitrogens with zero attached hydrogens (tertiary/aromatic N) is 2. The van der Waals surface area contributed by atoms with Gasteiger partial charge in [-0.2, -0.15) is 0 Å². The van der Waals surface area contributed by atoms with Gasteiger partial charge in [0, 0.05) is 12.6 Å². The molecule has 4 aliphatic rings. The number of ether oxygens (including phenoxy) is 1. The van der Waals surface area contributed by atoms with Crippen molar-refractivity contribution in [2.24, 2.45) is 5.92 Å². The number of imide groups is 1. The van der Waals surface area contributed by atoms with Crippen LogP contribution < -0.4 is 10.6 Å². The number of benzene rings is 2. The molecule has 2 aromatic carbocycles. The molecule has 204 valence electrons. The highest BCUT2D eigenvalue weighted by Crippen LogP contribution is 2.44. The molecule has 2 N–H and O–H groups in total. The summed E-state index contributed by atoms with van der Waals surface area (Å²) in [6.45, 7) is -0.152. The second-order valence-electron chi connectivity index (χ2n) is 10.7. The van der Waals surface area contributed by atoms with Crippen molar-refractivity contribution in [2.45, 2.75) is 56.7 Å². The van der Waals surface area contributed by atoms with E-state index in [-0.39, 0.29) is 36.4 Å². The number of nitrogens with one attached hydrogen (secondary N) is 2. The highest BCUT2D eigenvalue weighted by atomic mass is 19.1. The summed E-state index contributed by atoms with van der Waals surface area (Å²) in [5, 5.41) is 5.02. The molecule has 5 amide bonds. The van der Waals surface area contributed by atoms with Crippen LogP contribution in [0, 0.1) is 17.6 Å². The second-order valence-corrected chi connectivity index (χ2v) is 10.7. The van der Waals surface area contributed by atoms with E-state index in [0.717, 1.165) is 42.0 Å². The van der Waals surface area contributed by atoms with Crippen LogP contribution >= 0.6 is 0 Å². The number of methoxy groups -OCH3 is 1. The molecular formula is C28H28F2N4O5. The zero-order valence-corrected chi connectivity index (χ0v) is 21.4. The Kier molecular flexibility index (Phi) is 6.04. The lowest BCUT2D eigenvalue weighted by Crippen LogP contribution is -2.48. The summed E-state index contributed by atoms with van der Waals surface area (Å²) in [5.41, 5.74) is 1.08. The molecule has 0 radical (unpaired) electrons. The first-order valence-electron chi connectivity index (χ1n) is 13.1. The van der Waals surface area contributed by atoms with E-state index in [0.29, 0.717) is 36.3 Å². The van der Waals surface area contributed by atoms with Crippen molar-refractivity contribution in [3.05, 3.63) is 64.2 Å². The van der Waals surface area contributed by atoms with Gasteiger partial charge in [0.15, 0.2) is 0 Å². The standard InChI is InChI=1S/C28H28F2N4O5/c1-39-27(38)31-22-11-17-8-9-28(20(17)12-21(22)30)25(36)34(26(37)32-28)14-24(35)33-13-18-4-6-19(29)10-16(18)5-7-23(33)15-2-3-15/h4,6,10-12,15,23H,2-3,5,7-9,13-14H2,1H3,(H,31,38)(H,32,37)/t23-,28-/m0/s1. The van der Waals surface area contributed by atoms with E-state index in [1.54, 1.807) is 11.0 Å². The summed E-state index contributed by atoms with van der Waals surface area (Å²) < 4.78 is 33.3. The number of hydrogen-bond donors (Lipinski definition) is 2. The minimum absolute atomic E-state index is 0.0512. The molecule has 1 saturated carbocycles. The average molecular weight is 539 g/mol. The Bertz CT molecular complexity index is 1410. The van der Waals surface area contributed by atoms with Gasteiger partial charge in [-0.3, -0.25) is 19.8 Å². The molecule has 2 aliphatic carbocycles. The third-order valence-electron chi connectivity index (χ3n) is 8.42. The highest BCUT2D eigenvalue weighted by molar-refractivity contribution is 6.10. The van der Waals surface area contributed by atoms with Crippen molar-refractivity contribution < 1.29 is 32.7 Å². The number of halogens is 2. The summed E-state index contributed by atoms with van der Waals surface area (Å²) in [6.07, 6.45) is 3.07. The van der Waals surface area contributed by atoms with Crippen molar-refractivity contribution in [1.29, 1.82) is 0 Å². The Morgan fingerprint density at radius 1 is 1.08 bits per heavy atom. The van der Waals surface area contributed by atoms with Crippen LogP contribution in [0.2, 0.25) is 0 Å². The van der Waals surface area contributed by atoms with Crippen LogP contribution in [0.3, 0.4) is 0 Å². The normalized spacial score (nSPS) is 23.8. The van der Waals surface area contributed by atoms with E-state index in [1.807, 2.05) is 0 Å². The van der Waals surface area contributed by atoms with Gasteiger partial charge in [-0.15, -0.1) is 0 Å². The van der Waals surface area contributed by atoms with E-state index in [2.05, 4.69) is 15.4 Å². The summed E-state index contributed by atoms with van der Waals surface area (Å²) in [4.78, 5) is 54.6. The van der Waals surface area contributed by atoms with Gasteiger partial charge >= 0.3 is 12.1 Å². The van der Waals surface area contributed by atoms with Gasteiger partial charge in [-0.25, -0.2) is 18.4 Å². The number of carbonyl (C=O) groups is 4. The molecule has 0 aromatic heterocycles. The van der Waals surface area contributed by atoms with Crippen LogP contribution in [0.15, 0.2) is 30.3 Å². The Morgan fingerprint density at radius 2 is 1.87 bits per heavy atom. The molecular weight excluding hydrogens is 510 g/mol. The van der Waals surface area contributed by atoms with E-state index in [1.165, 1.54) is 18.2 Å². The van der Waals surface area contributed by atoms with Crippen molar-refractivity contribution >= 4 is 29.6 Å². The molecule has 1 saturated heterocycles. The first kappa shape index (κ1) is 25.3. The van der Waals surface area contributed by atoms with Gasteiger partial charge in [-0.05, 0) is 91.0 Å². The van der Waals surface area contributed by atoms with Crippen molar-refractivity contribution in [3.63, 3.8) is 0 Å². The Labute approximate surface area is 223 Å². The highest BCUT2D eigenvalue weighted by Gasteiger charge is 2.56. The van der Waals surface area contributed by atoms with Crippen molar-refractivity contribution in [3.8, 4) is 0 Å². The molecule has 39 heavy (non-hydrogen) atoms. The third-order valence-corrected chi connectivity index (χ3v) is 8.42. The molecule has 9 nitrogen and oxygen atoms in total. The van der Waals surface area contributed by atoms with Gasteiger partial charge in [-0.1, -0.05) is 6.07 Å². The molecule has 1 spiro atoms. The fraction of sp³-hybridized carbons (Fsp3) is 0.429. The minimum Gasteiger partial charge on any atom is -0.453 e. The molecule has 0 bridgehead atoms. The van der Waals surface area contributed by atoms with Gasteiger partial charge in [0.05, 0.1) is 12.8 Å². The molecule has 2 aliphatic heterocycles. The third kappa shape index (κ3) is 4.29. The quantitative estimate of drug-likeness (QED) is 0.579. The van der Waals surface area contributed by atoms with E-state index >= 15 is 0 Å². The Morgan fingerprint density at radius 3 is 2.62 bits per heavy atom. The number of rotatable bonds is 4. The maximum atomic E-state index is 14.9. The summed E-state index contributed by atoms with van der Waals surface area (Å²) in [5.74, 6) is -1.70. The predicted molar refractivity (Wildman–Crippen MR) is 134 cm³/mol. The van der Waals surface area contributed by atoms with Crippen LogP contribution in [0.4, 0.5) is 24.1 Å². The first-order chi connectivity index (χ1) is 18.7. The van der Waals surface area contributed by atoms with E-state index in [9.17, 15) is 28.0 Å². The number of fused-ring (bicyclic) bond motifs is 3. The Hall–Kier alpha value is -4.02. The van der Waals surface area contributed by atoms with Gasteiger partial charge in [0.25, 0.3) is 5.91 Å². The second kappa shape index (κ2) is 9.32. The number of urea groups is 1. The number of aryl methyl sites for hydroxylation is 2. The zero-order valence-electron chi connectivity index (χ0n) is 21.4. The number of amides is 5. The molecule has 6 rings (SSSR count). The van der Waals surface area contributed by atoms with Crippen molar-refractivity contribution in [2.75, 3.05) is 19.0 Å². The summed E-state index contributed by atoms with van der Waals surface area (Å²) in [7, 11) is 1.16. The monoisotopic (exact) mass is 538 g/mol. The SMILES string of the molecule is COC(=O)Nc1cc2c(cc1F)[C@]1(CC2)NC(=O)N(CC(=O)N2Cc3ccc(F)cc3CC[C@H]2C2CC2)C1=O. The van der Waals surface area contributed by atoms with Crippen LogP contribution in [0.25, 0.3) is 0 Å². The first-order valence-corrected chi connectivity index (χ1v) is 13.1. The topological polar surface area (TPSA) is 108 Å². The lowest BCUT2D eigenvalue weighted by Gasteiger charge is -2.31. The maximum Gasteiger partial charge on any atom is 0.411 e. The van der Waals surface area contributed by atoms with Crippen LogP contribution in [-0.2, 0) is 39.3 Å². The van der Waals surface area contributed by atoms with Crippen molar-refractivity contribution in [1.82, 2.24) is 15.1 Å². The molecule has 11 heteroatoms. The van der Waals surface area contributed by atoms with Gasteiger partial charge in [0.2, 0.25) is 5.91 Å². The zero-order chi connectivity index (χ0) is 27.5. The molecule has 0 unspecified atom stereocenters. The number of carbonyl (C=O) groups excluding carboxylic acids is 4. The minimum atomic E-state index is -1.48. The molecule has 2 heterocycles. The Balaban J connectivity index is 1.24.